The molecule has 4 atom stereocenters. The molecule has 0 aliphatic rings. The number of nitrogens with one attached hydrogen (secondary N) is 2. The van der Waals surface area contributed by atoms with Gasteiger partial charge in [-0.25, -0.2) is 4.79 Å². The van der Waals surface area contributed by atoms with Gasteiger partial charge in [0, 0.05) is 24.5 Å². The fourth-order valence-corrected chi connectivity index (χ4v) is 5.85. The van der Waals surface area contributed by atoms with Gasteiger partial charge in [-0.3, -0.25) is 9.59 Å². The Balaban J connectivity index is 0.00000107. The summed E-state index contributed by atoms with van der Waals surface area (Å²) in [5.41, 5.74) is 2.63. The molecule has 0 aromatic heterocycles. The van der Waals surface area contributed by atoms with E-state index in [9.17, 15) is 14.4 Å². The zero-order valence-electron chi connectivity index (χ0n) is 27.5. The first-order valence-electron chi connectivity index (χ1n) is 15.9. The van der Waals surface area contributed by atoms with E-state index in [-0.39, 0.29) is 11.9 Å². The van der Waals surface area contributed by atoms with E-state index in [2.05, 4.69) is 63.5 Å². The Hall–Kier alpha value is -2.28. The van der Waals surface area contributed by atoms with Crippen molar-refractivity contribution in [2.75, 3.05) is 11.5 Å². The highest BCUT2D eigenvalue weighted by molar-refractivity contribution is 7.99. The van der Waals surface area contributed by atoms with Crippen LogP contribution in [-0.2, 0) is 20.8 Å². The summed E-state index contributed by atoms with van der Waals surface area (Å²) in [7, 11) is 0. The topological polar surface area (TPSA) is 95.5 Å². The van der Waals surface area contributed by atoms with Crippen molar-refractivity contribution in [3.8, 4) is 0 Å². The molecule has 0 radical (unpaired) electrons. The van der Waals surface area contributed by atoms with Gasteiger partial charge >= 0.3 is 5.97 Å². The van der Waals surface area contributed by atoms with Crippen molar-refractivity contribution in [1.82, 2.24) is 10.6 Å². The average Bonchev–Trinajstić information content (AvgIpc) is 2.90. The largest absolute Gasteiger partial charge is 0.480 e. The van der Waals surface area contributed by atoms with Crippen LogP contribution in [0.5, 0.6) is 0 Å². The maximum Gasteiger partial charge on any atom is 0.327 e. The van der Waals surface area contributed by atoms with Gasteiger partial charge in [0.15, 0.2) is 0 Å². The zero-order chi connectivity index (χ0) is 31.8. The van der Waals surface area contributed by atoms with Crippen LogP contribution in [0.1, 0.15) is 112 Å². The standard InChI is InChI=1S/C24H45NO3S.C11H15NO/c1-19(2)9-6-10-20(3)11-7-12-21(4)13-8-14-22(5)15-16-29-17-23(24(27)28)25-18-26;1-9(12-10(2)13)8-11-6-4-3-5-7-11/h15,18-21,23H,6-14,16-17H2,1-5H3,(H,25,26)(H,27,28);3-7,9H,8H2,1-2H3,(H,12,13)/b22-15+;. The molecule has 1 aromatic carbocycles. The summed E-state index contributed by atoms with van der Waals surface area (Å²) in [6.45, 7) is 15.1. The minimum absolute atomic E-state index is 0.0310. The minimum atomic E-state index is -0.982. The lowest BCUT2D eigenvalue weighted by atomic mass is 9.91. The van der Waals surface area contributed by atoms with Crippen molar-refractivity contribution >= 4 is 30.0 Å². The Morgan fingerprint density at radius 1 is 0.881 bits per heavy atom. The smallest absolute Gasteiger partial charge is 0.327 e. The van der Waals surface area contributed by atoms with E-state index >= 15 is 0 Å². The Bertz CT molecular complexity index is 875. The zero-order valence-corrected chi connectivity index (χ0v) is 28.3. The van der Waals surface area contributed by atoms with Crippen LogP contribution in [0.25, 0.3) is 0 Å². The third kappa shape index (κ3) is 24.3. The Kier molecular flexibility index (Phi) is 23.9. The van der Waals surface area contributed by atoms with Gasteiger partial charge in [-0.05, 0) is 56.4 Å². The fourth-order valence-electron chi connectivity index (χ4n) is 4.84. The summed E-state index contributed by atoms with van der Waals surface area (Å²) in [6.07, 6.45) is 15.3. The van der Waals surface area contributed by atoms with Gasteiger partial charge in [-0.1, -0.05) is 115 Å². The number of rotatable bonds is 22. The van der Waals surface area contributed by atoms with Crippen LogP contribution in [0.4, 0.5) is 0 Å². The normalized spacial score (nSPS) is 14.2. The van der Waals surface area contributed by atoms with Crippen molar-refractivity contribution in [2.45, 2.75) is 125 Å². The highest BCUT2D eigenvalue weighted by Crippen LogP contribution is 2.22. The molecule has 0 fully saturated rings. The molecule has 0 spiro atoms. The Morgan fingerprint density at radius 2 is 1.45 bits per heavy atom. The third-order valence-electron chi connectivity index (χ3n) is 7.38. The molecule has 4 unspecified atom stereocenters. The van der Waals surface area contributed by atoms with Crippen LogP contribution in [0.2, 0.25) is 0 Å². The number of carbonyl (C=O) groups excluding carboxylic acids is 2. The van der Waals surface area contributed by atoms with E-state index in [1.54, 1.807) is 6.92 Å². The highest BCUT2D eigenvalue weighted by atomic mass is 32.2. The maximum atomic E-state index is 11.0. The molecule has 1 rings (SSSR count). The molecule has 3 N–H and O–H groups in total. The second kappa shape index (κ2) is 25.2. The van der Waals surface area contributed by atoms with Crippen LogP contribution in [0.3, 0.4) is 0 Å². The number of carbonyl (C=O) groups is 3. The van der Waals surface area contributed by atoms with Gasteiger partial charge in [0.1, 0.15) is 6.04 Å². The predicted octanol–water partition coefficient (Wildman–Crippen LogP) is 8.06. The summed E-state index contributed by atoms with van der Waals surface area (Å²) < 4.78 is 0. The lowest BCUT2D eigenvalue weighted by Gasteiger charge is -2.15. The molecule has 2 amide bonds. The summed E-state index contributed by atoms with van der Waals surface area (Å²) in [5.74, 6) is 2.73. The molecule has 0 saturated carbocycles. The number of carboxylic acid groups (broad SMARTS) is 1. The van der Waals surface area contributed by atoms with Crippen molar-refractivity contribution in [2.24, 2.45) is 17.8 Å². The van der Waals surface area contributed by atoms with Crippen LogP contribution in [0.15, 0.2) is 42.0 Å². The van der Waals surface area contributed by atoms with Gasteiger partial charge in [-0.15, -0.1) is 0 Å². The molecular weight excluding hydrogens is 544 g/mol. The lowest BCUT2D eigenvalue weighted by Crippen LogP contribution is -2.37. The fraction of sp³-hybridized carbons (Fsp3) is 0.686. The van der Waals surface area contributed by atoms with Crippen LogP contribution < -0.4 is 10.6 Å². The van der Waals surface area contributed by atoms with Gasteiger partial charge in [-0.2, -0.15) is 11.8 Å². The first kappa shape index (κ1) is 39.7. The average molecular weight is 605 g/mol. The molecule has 42 heavy (non-hydrogen) atoms. The molecule has 0 bridgehead atoms. The number of amides is 2. The van der Waals surface area contributed by atoms with Crippen LogP contribution in [-0.4, -0.2) is 47.0 Å². The van der Waals surface area contributed by atoms with Crippen LogP contribution in [0, 0.1) is 17.8 Å². The molecule has 0 heterocycles. The van der Waals surface area contributed by atoms with Gasteiger partial charge < -0.3 is 15.7 Å². The summed E-state index contributed by atoms with van der Waals surface area (Å²) in [4.78, 5) is 32.1. The van der Waals surface area contributed by atoms with E-state index < -0.39 is 12.0 Å². The van der Waals surface area contributed by atoms with Crippen LogP contribution >= 0.6 is 11.8 Å². The quantitative estimate of drug-likeness (QED) is 0.0707. The highest BCUT2D eigenvalue weighted by Gasteiger charge is 2.15. The lowest BCUT2D eigenvalue weighted by molar-refractivity contribution is -0.139. The third-order valence-corrected chi connectivity index (χ3v) is 8.35. The second-order valence-electron chi connectivity index (χ2n) is 12.4. The summed E-state index contributed by atoms with van der Waals surface area (Å²) in [6, 6.07) is 9.55. The number of hydrogen-bond acceptors (Lipinski definition) is 4. The Morgan fingerprint density at radius 3 is 1.98 bits per heavy atom. The molecule has 0 aliphatic heterocycles. The number of carboxylic acids is 1. The number of hydrogen-bond donors (Lipinski definition) is 3. The van der Waals surface area contributed by atoms with E-state index in [1.807, 2.05) is 25.1 Å². The monoisotopic (exact) mass is 604 g/mol. The van der Waals surface area contributed by atoms with Gasteiger partial charge in [0.2, 0.25) is 12.3 Å². The Labute approximate surface area is 261 Å². The number of thioether (sulfide) groups is 1. The van der Waals surface area contributed by atoms with Gasteiger partial charge in [0.25, 0.3) is 0 Å². The van der Waals surface area contributed by atoms with Gasteiger partial charge in [0.05, 0.1) is 0 Å². The van der Waals surface area contributed by atoms with Crippen molar-refractivity contribution in [1.29, 1.82) is 0 Å². The number of benzene rings is 1. The van der Waals surface area contributed by atoms with E-state index in [4.69, 9.17) is 5.11 Å². The summed E-state index contributed by atoms with van der Waals surface area (Å²) in [5, 5.41) is 14.2. The molecule has 7 heteroatoms. The van der Waals surface area contributed by atoms with Crippen molar-refractivity contribution < 1.29 is 19.5 Å². The van der Waals surface area contributed by atoms with Crippen molar-refractivity contribution in [3.05, 3.63) is 47.5 Å². The minimum Gasteiger partial charge on any atom is -0.480 e. The summed E-state index contributed by atoms with van der Waals surface area (Å²) >= 11 is 1.54. The second-order valence-corrected chi connectivity index (χ2v) is 13.5. The SMILES string of the molecule is C/C(=C\CSCC(NC=O)C(=O)O)CCCC(C)CCCC(C)CCCC(C)C.CC(=O)NC(C)Cc1ccccc1. The molecular formula is C35H60N2O4S. The molecule has 0 saturated heterocycles. The predicted molar refractivity (Wildman–Crippen MR) is 180 cm³/mol. The number of aliphatic carboxylic acids is 1. The molecule has 6 nitrogen and oxygen atoms in total. The molecule has 1 aromatic rings. The molecule has 240 valence electrons. The van der Waals surface area contributed by atoms with E-state index in [0.29, 0.717) is 12.2 Å². The maximum absolute atomic E-state index is 11.0. The van der Waals surface area contributed by atoms with E-state index in [0.717, 1.165) is 36.3 Å². The number of allylic oxidation sites excluding steroid dienone is 1. The first-order valence-corrected chi connectivity index (χ1v) is 17.1. The van der Waals surface area contributed by atoms with E-state index in [1.165, 1.54) is 74.3 Å². The molecule has 0 aliphatic carbocycles. The van der Waals surface area contributed by atoms with Crippen molar-refractivity contribution in [3.63, 3.8) is 0 Å². The first-order chi connectivity index (χ1) is 19.9.